The van der Waals surface area contributed by atoms with Crippen molar-refractivity contribution in [2.45, 2.75) is 57.0 Å². The highest BCUT2D eigenvalue weighted by Crippen LogP contribution is 2.03. The number of carboxylic acid groups (broad SMARTS) is 1. The molecule has 0 bridgehead atoms. The van der Waals surface area contributed by atoms with Crippen molar-refractivity contribution in [1.82, 2.24) is 25.9 Å². The third-order valence-corrected chi connectivity index (χ3v) is 4.11. The van der Waals surface area contributed by atoms with Crippen LogP contribution in [0.2, 0.25) is 0 Å². The van der Waals surface area contributed by atoms with Crippen LogP contribution < -0.4 is 27.4 Å². The van der Waals surface area contributed by atoms with Gasteiger partial charge in [-0.25, -0.2) is 9.78 Å². The van der Waals surface area contributed by atoms with E-state index in [4.69, 9.17) is 11.5 Å². The molecule has 172 valence electrons. The molecule has 1 aromatic heterocycles. The number of nitrogens with one attached hydrogen (secondary N) is 4. The fourth-order valence-electron chi connectivity index (χ4n) is 2.45. The van der Waals surface area contributed by atoms with Crippen LogP contribution in [0.1, 0.15) is 26.0 Å². The minimum Gasteiger partial charge on any atom is -0.480 e. The second-order valence-corrected chi connectivity index (χ2v) is 6.93. The summed E-state index contributed by atoms with van der Waals surface area (Å²) in [6, 6.07) is -5.41. The van der Waals surface area contributed by atoms with E-state index >= 15 is 0 Å². The molecule has 14 heteroatoms. The van der Waals surface area contributed by atoms with Crippen molar-refractivity contribution < 1.29 is 34.2 Å². The van der Waals surface area contributed by atoms with E-state index in [0.717, 1.165) is 0 Å². The molecule has 0 aliphatic heterocycles. The van der Waals surface area contributed by atoms with Crippen molar-refractivity contribution in [3.63, 3.8) is 0 Å². The number of nitrogens with two attached hydrogens (primary N) is 2. The van der Waals surface area contributed by atoms with Crippen LogP contribution in [-0.2, 0) is 30.4 Å². The maximum absolute atomic E-state index is 12.6. The lowest BCUT2D eigenvalue weighted by Gasteiger charge is -2.26. The first-order valence-corrected chi connectivity index (χ1v) is 9.25. The Morgan fingerprint density at radius 1 is 1.06 bits per heavy atom. The monoisotopic (exact) mass is 441 g/mol. The van der Waals surface area contributed by atoms with Crippen LogP contribution in [0.4, 0.5) is 0 Å². The summed E-state index contributed by atoms with van der Waals surface area (Å²) in [5, 5.41) is 25.9. The quantitative estimate of drug-likeness (QED) is 0.158. The number of carbonyl (C=O) groups excluding carboxylic acids is 4. The molecule has 0 saturated carbocycles. The second kappa shape index (κ2) is 11.6. The number of carbonyl (C=O) groups is 5. The van der Waals surface area contributed by atoms with Crippen molar-refractivity contribution in [2.75, 3.05) is 0 Å². The molecule has 31 heavy (non-hydrogen) atoms. The Balaban J connectivity index is 2.92. The molecule has 1 aromatic rings. The van der Waals surface area contributed by atoms with Crippen molar-refractivity contribution >= 4 is 29.6 Å². The van der Waals surface area contributed by atoms with Crippen LogP contribution in [0.15, 0.2) is 12.5 Å². The fraction of sp³-hybridized carbons (Fsp3) is 0.529. The molecule has 1 rings (SSSR count). The summed E-state index contributed by atoms with van der Waals surface area (Å²) < 4.78 is 0. The first-order valence-electron chi connectivity index (χ1n) is 9.25. The number of aliphatic hydroxyl groups is 1. The lowest BCUT2D eigenvalue weighted by atomic mass is 10.1. The number of nitrogens with zero attached hydrogens (tertiary/aromatic N) is 1. The van der Waals surface area contributed by atoms with Gasteiger partial charge in [-0.1, -0.05) is 0 Å². The molecule has 0 fully saturated rings. The van der Waals surface area contributed by atoms with Gasteiger partial charge in [-0.3, -0.25) is 19.2 Å². The van der Waals surface area contributed by atoms with Crippen LogP contribution >= 0.6 is 0 Å². The Bertz CT molecular complexity index is 795. The first-order chi connectivity index (χ1) is 14.4. The first kappa shape index (κ1) is 25.5. The average Bonchev–Trinajstić information content (AvgIpc) is 3.16. The van der Waals surface area contributed by atoms with Crippen molar-refractivity contribution in [2.24, 2.45) is 11.5 Å². The number of carboxylic acids is 1. The van der Waals surface area contributed by atoms with Crippen molar-refractivity contribution in [3.8, 4) is 0 Å². The van der Waals surface area contributed by atoms with E-state index in [-0.39, 0.29) is 6.42 Å². The van der Waals surface area contributed by atoms with Gasteiger partial charge < -0.3 is 42.6 Å². The third kappa shape index (κ3) is 8.39. The van der Waals surface area contributed by atoms with Crippen LogP contribution in [0.25, 0.3) is 0 Å². The molecule has 1 heterocycles. The highest BCUT2D eigenvalue weighted by Gasteiger charge is 2.33. The molecule has 4 amide bonds. The maximum Gasteiger partial charge on any atom is 0.326 e. The minimum atomic E-state index is -1.58. The Hall–Kier alpha value is -3.52. The zero-order chi connectivity index (χ0) is 23.7. The molecule has 0 radical (unpaired) electrons. The molecular weight excluding hydrogens is 414 g/mol. The number of hydrogen-bond acceptors (Lipinski definition) is 8. The van der Waals surface area contributed by atoms with Gasteiger partial charge >= 0.3 is 5.97 Å². The standard InChI is InChI=1S/C17H27N7O7/c1-7(18)14(27)22-10(4-12(19)26)15(28)24-13(8(2)25)16(29)23-11(17(30)31)3-9-5-20-6-21-9/h5-8,10-11,13,25H,3-4,18H2,1-2H3,(H2,19,26)(H,20,21)(H,22,27)(H,23,29)(H,24,28)(H,30,31). The maximum atomic E-state index is 12.6. The summed E-state index contributed by atoms with van der Waals surface area (Å²) in [5.74, 6) is -4.99. The summed E-state index contributed by atoms with van der Waals surface area (Å²) in [7, 11) is 0. The summed E-state index contributed by atoms with van der Waals surface area (Å²) in [4.78, 5) is 66.1. The highest BCUT2D eigenvalue weighted by molar-refractivity contribution is 5.96. The summed E-state index contributed by atoms with van der Waals surface area (Å²) in [6.07, 6.45) is 0.561. The van der Waals surface area contributed by atoms with Gasteiger partial charge in [0.05, 0.1) is 24.9 Å². The number of rotatable bonds is 12. The number of amides is 4. The predicted molar refractivity (Wildman–Crippen MR) is 105 cm³/mol. The summed E-state index contributed by atoms with van der Waals surface area (Å²) in [6.45, 7) is 2.55. The molecule has 0 aliphatic carbocycles. The number of aromatic amines is 1. The summed E-state index contributed by atoms with van der Waals surface area (Å²) >= 11 is 0. The van der Waals surface area contributed by atoms with Crippen molar-refractivity contribution in [3.05, 3.63) is 18.2 Å². The fourth-order valence-corrected chi connectivity index (χ4v) is 2.45. The predicted octanol–water partition coefficient (Wildman–Crippen LogP) is -3.91. The van der Waals surface area contributed by atoms with E-state index in [9.17, 15) is 34.2 Å². The van der Waals surface area contributed by atoms with Crippen LogP contribution in [0.5, 0.6) is 0 Å². The average molecular weight is 441 g/mol. The number of aliphatic hydroxyl groups excluding tert-OH is 1. The Morgan fingerprint density at radius 2 is 1.68 bits per heavy atom. The molecule has 0 saturated heterocycles. The van der Waals surface area contributed by atoms with E-state index in [0.29, 0.717) is 5.69 Å². The smallest absolute Gasteiger partial charge is 0.326 e. The lowest BCUT2D eigenvalue weighted by molar-refractivity contribution is -0.143. The van der Waals surface area contributed by atoms with Gasteiger partial charge in [-0.05, 0) is 13.8 Å². The van der Waals surface area contributed by atoms with Gasteiger partial charge in [0.15, 0.2) is 0 Å². The Labute approximate surface area is 177 Å². The lowest BCUT2D eigenvalue weighted by Crippen LogP contribution is -2.60. The molecule has 0 aromatic carbocycles. The highest BCUT2D eigenvalue weighted by atomic mass is 16.4. The Kier molecular flexibility index (Phi) is 9.56. The van der Waals surface area contributed by atoms with Gasteiger partial charge in [-0.15, -0.1) is 0 Å². The van der Waals surface area contributed by atoms with E-state index < -0.39 is 66.3 Å². The normalized spacial score (nSPS) is 15.6. The van der Waals surface area contributed by atoms with Crippen LogP contribution in [-0.4, -0.2) is 80.1 Å². The molecule has 0 spiro atoms. The van der Waals surface area contributed by atoms with Crippen LogP contribution in [0.3, 0.4) is 0 Å². The number of hydrogen-bond donors (Lipinski definition) is 8. The number of primary amides is 1. The minimum absolute atomic E-state index is 0.129. The molecular formula is C17H27N7O7. The SMILES string of the molecule is CC(N)C(=O)NC(CC(N)=O)C(=O)NC(C(=O)NC(Cc1cnc[nH]1)C(=O)O)C(C)O. The molecule has 5 unspecified atom stereocenters. The Morgan fingerprint density at radius 3 is 2.13 bits per heavy atom. The molecule has 10 N–H and O–H groups in total. The van der Waals surface area contributed by atoms with Crippen LogP contribution in [0, 0.1) is 0 Å². The topological polar surface area (TPSA) is 243 Å². The van der Waals surface area contributed by atoms with E-state index in [1.54, 1.807) is 0 Å². The van der Waals surface area contributed by atoms with Crippen molar-refractivity contribution in [1.29, 1.82) is 0 Å². The number of aromatic nitrogens is 2. The largest absolute Gasteiger partial charge is 0.480 e. The zero-order valence-corrected chi connectivity index (χ0v) is 17.0. The second-order valence-electron chi connectivity index (χ2n) is 6.93. The number of H-pyrrole nitrogens is 1. The number of aliphatic carboxylic acids is 1. The van der Waals surface area contributed by atoms with Gasteiger partial charge in [0.25, 0.3) is 0 Å². The van der Waals surface area contributed by atoms with Gasteiger partial charge in [0, 0.05) is 18.3 Å². The number of imidazole rings is 1. The van der Waals surface area contributed by atoms with E-state index in [1.807, 2.05) is 0 Å². The van der Waals surface area contributed by atoms with E-state index in [1.165, 1.54) is 26.4 Å². The third-order valence-electron chi connectivity index (χ3n) is 4.11. The molecule has 0 aliphatic rings. The van der Waals surface area contributed by atoms with E-state index in [2.05, 4.69) is 25.9 Å². The molecule has 14 nitrogen and oxygen atoms in total. The van der Waals surface area contributed by atoms with Gasteiger partial charge in [0.2, 0.25) is 23.6 Å². The zero-order valence-electron chi connectivity index (χ0n) is 17.0. The van der Waals surface area contributed by atoms with Gasteiger partial charge in [-0.2, -0.15) is 0 Å². The molecule has 5 atom stereocenters. The van der Waals surface area contributed by atoms with Gasteiger partial charge in [0.1, 0.15) is 18.1 Å². The summed E-state index contributed by atoms with van der Waals surface area (Å²) in [5.41, 5.74) is 11.0.